The second-order valence-corrected chi connectivity index (χ2v) is 6.96. The average Bonchev–Trinajstić information content (AvgIpc) is 3.37. The molecule has 3 rings (SSSR count). The summed E-state index contributed by atoms with van der Waals surface area (Å²) in [6.07, 6.45) is 1.77. The van der Waals surface area contributed by atoms with Crippen molar-refractivity contribution >= 4 is 23.2 Å². The molecule has 2 heterocycles. The lowest BCUT2D eigenvalue weighted by atomic mass is 10.0. The largest absolute Gasteiger partial charge is 0.497 e. The van der Waals surface area contributed by atoms with Crippen molar-refractivity contribution in [2.75, 3.05) is 27.3 Å². The minimum absolute atomic E-state index is 0.0144. The number of carbonyl (C=O) groups is 2. The summed E-state index contributed by atoms with van der Waals surface area (Å²) in [4.78, 5) is 27.2. The van der Waals surface area contributed by atoms with Gasteiger partial charge in [0, 0.05) is 12.1 Å². The van der Waals surface area contributed by atoms with E-state index in [0.717, 1.165) is 29.9 Å². The molecule has 1 fully saturated rings. The highest BCUT2D eigenvalue weighted by molar-refractivity contribution is 7.12. The second kappa shape index (κ2) is 8.23. The summed E-state index contributed by atoms with van der Waals surface area (Å²) in [7, 11) is 3.23. The van der Waals surface area contributed by atoms with Gasteiger partial charge in [-0.05, 0) is 42.5 Å². The fraction of sp³-hybridized carbons (Fsp3) is 0.368. The highest BCUT2D eigenvalue weighted by Gasteiger charge is 2.32. The molecule has 6 nitrogen and oxygen atoms in total. The number of nitrogens with zero attached hydrogens (tertiary/aromatic N) is 1. The molecule has 138 valence electrons. The Morgan fingerprint density at radius 2 is 2.12 bits per heavy atom. The predicted molar refractivity (Wildman–Crippen MR) is 99.9 cm³/mol. The maximum absolute atomic E-state index is 12.7. The van der Waals surface area contributed by atoms with E-state index >= 15 is 0 Å². The zero-order chi connectivity index (χ0) is 18.5. The fourth-order valence-corrected chi connectivity index (χ4v) is 3.88. The van der Waals surface area contributed by atoms with Gasteiger partial charge in [0.05, 0.1) is 31.7 Å². The number of thiophene rings is 1. The van der Waals surface area contributed by atoms with E-state index in [1.165, 1.54) is 11.3 Å². The molecule has 1 aliphatic rings. The molecule has 1 aromatic carbocycles. The van der Waals surface area contributed by atoms with Gasteiger partial charge in [-0.2, -0.15) is 0 Å². The smallest absolute Gasteiger partial charge is 0.261 e. The minimum atomic E-state index is -0.219. The van der Waals surface area contributed by atoms with Crippen molar-refractivity contribution < 1.29 is 19.1 Å². The van der Waals surface area contributed by atoms with Gasteiger partial charge in [0.25, 0.3) is 5.91 Å². The average molecular weight is 374 g/mol. The number of ether oxygens (including phenoxy) is 2. The lowest BCUT2D eigenvalue weighted by Crippen LogP contribution is -2.39. The SMILES string of the molecule is COc1ccc(OC)c(C2CCCN2C(=O)CNC(=O)c2cccs2)c1. The first-order chi connectivity index (χ1) is 12.6. The summed E-state index contributed by atoms with van der Waals surface area (Å²) in [5.41, 5.74) is 0.933. The van der Waals surface area contributed by atoms with Crippen LogP contribution < -0.4 is 14.8 Å². The zero-order valence-corrected chi connectivity index (χ0v) is 15.7. The van der Waals surface area contributed by atoms with Gasteiger partial charge in [-0.1, -0.05) is 6.07 Å². The van der Waals surface area contributed by atoms with Gasteiger partial charge in [-0.15, -0.1) is 11.3 Å². The Morgan fingerprint density at radius 3 is 2.81 bits per heavy atom. The third kappa shape index (κ3) is 3.83. The van der Waals surface area contributed by atoms with E-state index in [4.69, 9.17) is 9.47 Å². The molecule has 0 saturated carbocycles. The molecule has 1 atom stereocenters. The predicted octanol–water partition coefficient (Wildman–Crippen LogP) is 2.86. The Hall–Kier alpha value is -2.54. The lowest BCUT2D eigenvalue weighted by Gasteiger charge is -2.26. The van der Waals surface area contributed by atoms with Crippen molar-refractivity contribution in [1.29, 1.82) is 0 Å². The minimum Gasteiger partial charge on any atom is -0.497 e. The molecule has 1 aromatic heterocycles. The number of rotatable bonds is 6. The van der Waals surface area contributed by atoms with Crippen LogP contribution in [0.1, 0.15) is 34.1 Å². The van der Waals surface area contributed by atoms with Gasteiger partial charge in [-0.3, -0.25) is 9.59 Å². The summed E-state index contributed by atoms with van der Waals surface area (Å²) < 4.78 is 10.8. The highest BCUT2D eigenvalue weighted by Crippen LogP contribution is 2.38. The number of methoxy groups -OCH3 is 2. The van der Waals surface area contributed by atoms with Crippen LogP contribution in [0.15, 0.2) is 35.7 Å². The maximum Gasteiger partial charge on any atom is 0.261 e. The van der Waals surface area contributed by atoms with Gasteiger partial charge in [0.2, 0.25) is 5.91 Å². The van der Waals surface area contributed by atoms with Crippen LogP contribution in [-0.4, -0.2) is 44.0 Å². The van der Waals surface area contributed by atoms with Crippen molar-refractivity contribution in [2.45, 2.75) is 18.9 Å². The summed E-state index contributed by atoms with van der Waals surface area (Å²) in [5, 5.41) is 4.54. The Bertz CT molecular complexity index is 776. The van der Waals surface area contributed by atoms with E-state index in [9.17, 15) is 9.59 Å². The Balaban J connectivity index is 1.71. The molecule has 2 aromatic rings. The first kappa shape index (κ1) is 18.3. The summed E-state index contributed by atoms with van der Waals surface area (Å²) in [6, 6.07) is 9.08. The normalized spacial score (nSPS) is 16.4. The van der Waals surface area contributed by atoms with E-state index in [1.807, 2.05) is 34.5 Å². The summed E-state index contributed by atoms with van der Waals surface area (Å²) in [6.45, 7) is 0.651. The van der Waals surface area contributed by atoms with E-state index in [1.54, 1.807) is 20.3 Å². The molecular formula is C19H22N2O4S. The molecule has 1 aliphatic heterocycles. The monoisotopic (exact) mass is 374 g/mol. The number of hydrogen-bond donors (Lipinski definition) is 1. The van der Waals surface area contributed by atoms with Crippen molar-refractivity contribution in [2.24, 2.45) is 0 Å². The van der Waals surface area contributed by atoms with Crippen LogP contribution >= 0.6 is 11.3 Å². The van der Waals surface area contributed by atoms with Crippen LogP contribution in [0.4, 0.5) is 0 Å². The third-order valence-corrected chi connectivity index (χ3v) is 5.38. The fourth-order valence-electron chi connectivity index (χ4n) is 3.24. The molecule has 1 saturated heterocycles. The van der Waals surface area contributed by atoms with Crippen molar-refractivity contribution in [3.8, 4) is 11.5 Å². The van der Waals surface area contributed by atoms with Crippen LogP contribution in [0.5, 0.6) is 11.5 Å². The maximum atomic E-state index is 12.7. The number of nitrogens with one attached hydrogen (secondary N) is 1. The number of benzene rings is 1. The molecule has 0 spiro atoms. The quantitative estimate of drug-likeness (QED) is 0.844. The summed E-state index contributed by atoms with van der Waals surface area (Å²) in [5.74, 6) is 1.15. The van der Waals surface area contributed by atoms with E-state index < -0.39 is 0 Å². The first-order valence-electron chi connectivity index (χ1n) is 8.47. The third-order valence-electron chi connectivity index (χ3n) is 4.51. The standard InChI is InChI=1S/C19H22N2O4S/c1-24-13-7-8-16(25-2)14(11-13)15-5-3-9-21(15)18(22)12-20-19(23)17-6-4-10-26-17/h4,6-8,10-11,15H,3,5,9,12H2,1-2H3,(H,20,23). The van der Waals surface area contributed by atoms with Crippen molar-refractivity contribution in [3.63, 3.8) is 0 Å². The molecule has 0 aliphatic carbocycles. The highest BCUT2D eigenvalue weighted by atomic mass is 32.1. The number of carbonyl (C=O) groups excluding carboxylic acids is 2. The lowest BCUT2D eigenvalue weighted by molar-refractivity contribution is -0.131. The molecule has 1 unspecified atom stereocenters. The number of likely N-dealkylation sites (tertiary alicyclic amines) is 1. The molecule has 0 bridgehead atoms. The number of hydrogen-bond acceptors (Lipinski definition) is 5. The van der Waals surface area contributed by atoms with E-state index in [-0.39, 0.29) is 24.4 Å². The first-order valence-corrected chi connectivity index (χ1v) is 9.35. The molecule has 2 amide bonds. The van der Waals surface area contributed by atoms with Gasteiger partial charge < -0.3 is 19.7 Å². The van der Waals surface area contributed by atoms with Gasteiger partial charge >= 0.3 is 0 Å². The molecular weight excluding hydrogens is 352 g/mol. The molecule has 0 radical (unpaired) electrons. The van der Waals surface area contributed by atoms with Crippen LogP contribution in [0.25, 0.3) is 0 Å². The van der Waals surface area contributed by atoms with E-state index in [2.05, 4.69) is 5.32 Å². The van der Waals surface area contributed by atoms with Crippen LogP contribution in [-0.2, 0) is 4.79 Å². The molecule has 26 heavy (non-hydrogen) atoms. The molecule has 1 N–H and O–H groups in total. The summed E-state index contributed by atoms with van der Waals surface area (Å²) >= 11 is 1.35. The van der Waals surface area contributed by atoms with Crippen LogP contribution in [0, 0.1) is 0 Å². The zero-order valence-electron chi connectivity index (χ0n) is 14.9. The van der Waals surface area contributed by atoms with Crippen LogP contribution in [0.2, 0.25) is 0 Å². The van der Waals surface area contributed by atoms with Crippen molar-refractivity contribution in [3.05, 3.63) is 46.2 Å². The topological polar surface area (TPSA) is 67.9 Å². The van der Waals surface area contributed by atoms with Gasteiger partial charge in [-0.25, -0.2) is 0 Å². The van der Waals surface area contributed by atoms with Crippen molar-refractivity contribution in [1.82, 2.24) is 10.2 Å². The van der Waals surface area contributed by atoms with E-state index in [0.29, 0.717) is 11.4 Å². The molecule has 7 heteroatoms. The second-order valence-electron chi connectivity index (χ2n) is 6.01. The Morgan fingerprint density at radius 1 is 1.27 bits per heavy atom. The number of amides is 2. The van der Waals surface area contributed by atoms with Gasteiger partial charge in [0.1, 0.15) is 11.5 Å². The van der Waals surface area contributed by atoms with Crippen LogP contribution in [0.3, 0.4) is 0 Å². The Kier molecular flexibility index (Phi) is 5.78. The Labute approximate surface area is 156 Å². The van der Waals surface area contributed by atoms with Gasteiger partial charge in [0.15, 0.2) is 0 Å².